The van der Waals surface area contributed by atoms with Gasteiger partial charge in [-0.15, -0.1) is 11.3 Å². The van der Waals surface area contributed by atoms with Crippen LogP contribution in [-0.4, -0.2) is 17.7 Å². The predicted molar refractivity (Wildman–Crippen MR) is 102 cm³/mol. The molecule has 26 heavy (non-hydrogen) atoms. The summed E-state index contributed by atoms with van der Waals surface area (Å²) in [5, 5.41) is 4.13. The van der Waals surface area contributed by atoms with Crippen molar-refractivity contribution in [3.05, 3.63) is 69.2 Å². The van der Waals surface area contributed by atoms with Gasteiger partial charge in [-0.1, -0.05) is 23.7 Å². The molecule has 0 fully saturated rings. The first-order chi connectivity index (χ1) is 12.6. The van der Waals surface area contributed by atoms with Crippen LogP contribution in [0.3, 0.4) is 0 Å². The number of rotatable bonds is 4. The summed E-state index contributed by atoms with van der Waals surface area (Å²) in [6.07, 6.45) is 2.49. The van der Waals surface area contributed by atoms with Crippen molar-refractivity contribution in [1.82, 2.24) is 4.98 Å². The molecular formula is C19H15ClN2O3S. The van der Waals surface area contributed by atoms with Gasteiger partial charge in [-0.25, -0.2) is 4.98 Å². The van der Waals surface area contributed by atoms with E-state index in [2.05, 4.69) is 10.3 Å². The third-order valence-corrected chi connectivity index (χ3v) is 5.34. The molecule has 4 rings (SSSR count). The van der Waals surface area contributed by atoms with E-state index in [1.165, 1.54) is 11.3 Å². The Labute approximate surface area is 159 Å². The molecule has 0 saturated heterocycles. The highest BCUT2D eigenvalue weighted by Gasteiger charge is 2.17. The Morgan fingerprint density at radius 1 is 1.23 bits per heavy atom. The van der Waals surface area contributed by atoms with Crippen molar-refractivity contribution in [2.75, 3.05) is 12.1 Å². The Balaban J connectivity index is 1.44. The van der Waals surface area contributed by atoms with E-state index in [-0.39, 0.29) is 12.7 Å². The minimum atomic E-state index is -0.234. The molecule has 7 heteroatoms. The van der Waals surface area contributed by atoms with Gasteiger partial charge in [-0.05, 0) is 42.3 Å². The van der Waals surface area contributed by atoms with E-state index in [1.54, 1.807) is 24.4 Å². The number of nitrogens with zero attached hydrogens (tertiary/aromatic N) is 1. The maximum Gasteiger partial charge on any atom is 0.257 e. The number of benzene rings is 2. The van der Waals surface area contributed by atoms with Crippen LogP contribution < -0.4 is 14.8 Å². The topological polar surface area (TPSA) is 60.5 Å². The highest BCUT2D eigenvalue weighted by Crippen LogP contribution is 2.33. The van der Waals surface area contributed by atoms with Crippen molar-refractivity contribution >= 4 is 34.0 Å². The number of amides is 1. The Kier molecular flexibility index (Phi) is 4.53. The van der Waals surface area contributed by atoms with E-state index in [0.29, 0.717) is 22.2 Å². The van der Waals surface area contributed by atoms with Gasteiger partial charge in [0.2, 0.25) is 6.79 Å². The van der Waals surface area contributed by atoms with Crippen molar-refractivity contribution in [2.24, 2.45) is 0 Å². The third-order valence-electron chi connectivity index (χ3n) is 4.02. The summed E-state index contributed by atoms with van der Waals surface area (Å²) in [6, 6.07) is 11.1. The molecule has 0 aliphatic carbocycles. The maximum absolute atomic E-state index is 12.4. The number of nitrogens with one attached hydrogen (secondary N) is 1. The molecular weight excluding hydrogens is 372 g/mol. The normalized spacial score (nSPS) is 12.2. The number of aromatic nitrogens is 1. The number of fused-ring (bicyclic) bond motifs is 1. The zero-order valence-corrected chi connectivity index (χ0v) is 15.5. The van der Waals surface area contributed by atoms with Crippen molar-refractivity contribution in [1.29, 1.82) is 0 Å². The lowest BCUT2D eigenvalue weighted by molar-refractivity contribution is 0.102. The first kappa shape index (κ1) is 16.9. The van der Waals surface area contributed by atoms with Crippen LogP contribution in [0.2, 0.25) is 5.02 Å². The standard InChI is InChI=1S/C19H15ClN2O3S/c1-11-2-3-12(7-15(11)20)6-14-9-21-19(26-14)22-18(23)13-4-5-16-17(8-13)25-10-24-16/h2-5,7-9H,6,10H2,1H3,(H,21,22,23). The van der Waals surface area contributed by atoms with Gasteiger partial charge in [-0.2, -0.15) is 0 Å². The van der Waals surface area contributed by atoms with E-state index in [1.807, 2.05) is 25.1 Å². The van der Waals surface area contributed by atoms with Crippen molar-refractivity contribution in [2.45, 2.75) is 13.3 Å². The number of thiazole rings is 1. The quantitative estimate of drug-likeness (QED) is 0.707. The lowest BCUT2D eigenvalue weighted by Crippen LogP contribution is -2.11. The second kappa shape index (κ2) is 6.97. The highest BCUT2D eigenvalue weighted by molar-refractivity contribution is 7.15. The largest absolute Gasteiger partial charge is 0.454 e. The summed E-state index contributed by atoms with van der Waals surface area (Å²) < 4.78 is 10.6. The van der Waals surface area contributed by atoms with Gasteiger partial charge >= 0.3 is 0 Å². The van der Waals surface area contributed by atoms with Gasteiger partial charge in [0.05, 0.1) is 0 Å². The fraction of sp³-hybridized carbons (Fsp3) is 0.158. The van der Waals surface area contributed by atoms with Gasteiger partial charge in [0.1, 0.15) is 0 Å². The molecule has 0 atom stereocenters. The van der Waals surface area contributed by atoms with Gasteiger partial charge in [0, 0.05) is 28.1 Å². The Morgan fingerprint density at radius 2 is 2.08 bits per heavy atom. The molecule has 2 aromatic carbocycles. The number of carbonyl (C=O) groups excluding carboxylic acids is 1. The van der Waals surface area contributed by atoms with Crippen LogP contribution in [0.1, 0.15) is 26.4 Å². The minimum absolute atomic E-state index is 0.180. The Hall–Kier alpha value is -2.57. The number of carbonyl (C=O) groups is 1. The van der Waals surface area contributed by atoms with Crippen molar-refractivity contribution in [3.63, 3.8) is 0 Å². The SMILES string of the molecule is Cc1ccc(Cc2cnc(NC(=O)c3ccc4c(c3)OCO4)s2)cc1Cl. The summed E-state index contributed by atoms with van der Waals surface area (Å²) in [7, 11) is 0. The summed E-state index contributed by atoms with van der Waals surface area (Å²) in [4.78, 5) is 17.7. The molecule has 1 aromatic heterocycles. The first-order valence-corrected chi connectivity index (χ1v) is 9.19. The molecule has 3 aromatic rings. The van der Waals surface area contributed by atoms with E-state index >= 15 is 0 Å². The molecule has 2 heterocycles. The molecule has 132 valence electrons. The zero-order chi connectivity index (χ0) is 18.1. The second-order valence-electron chi connectivity index (χ2n) is 5.91. The van der Waals surface area contributed by atoms with E-state index in [4.69, 9.17) is 21.1 Å². The fourth-order valence-electron chi connectivity index (χ4n) is 2.60. The molecule has 0 unspecified atom stereocenters. The molecule has 0 radical (unpaired) electrons. The number of anilines is 1. The van der Waals surface area contributed by atoms with Crippen LogP contribution in [0, 0.1) is 6.92 Å². The average molecular weight is 387 g/mol. The van der Waals surface area contributed by atoms with Crippen LogP contribution in [0.5, 0.6) is 11.5 Å². The predicted octanol–water partition coefficient (Wildman–Crippen LogP) is 4.68. The van der Waals surface area contributed by atoms with Crippen molar-refractivity contribution in [3.8, 4) is 11.5 Å². The lowest BCUT2D eigenvalue weighted by atomic mass is 10.1. The molecule has 1 N–H and O–H groups in total. The Bertz CT molecular complexity index is 987. The monoisotopic (exact) mass is 386 g/mol. The number of hydrogen-bond acceptors (Lipinski definition) is 5. The molecule has 1 aliphatic rings. The average Bonchev–Trinajstić information content (AvgIpc) is 3.26. The molecule has 0 spiro atoms. The van der Waals surface area contributed by atoms with E-state index in [0.717, 1.165) is 27.4 Å². The first-order valence-electron chi connectivity index (χ1n) is 7.99. The van der Waals surface area contributed by atoms with Crippen LogP contribution in [0.4, 0.5) is 5.13 Å². The smallest absolute Gasteiger partial charge is 0.257 e. The molecule has 0 bridgehead atoms. The summed E-state index contributed by atoms with van der Waals surface area (Å²) in [5.41, 5.74) is 2.66. The van der Waals surface area contributed by atoms with Crippen LogP contribution >= 0.6 is 22.9 Å². The summed E-state index contributed by atoms with van der Waals surface area (Å²) in [6.45, 7) is 2.15. The summed E-state index contributed by atoms with van der Waals surface area (Å²) >= 11 is 7.62. The number of aryl methyl sites for hydroxylation is 1. The third kappa shape index (κ3) is 3.52. The number of ether oxygens (including phenoxy) is 2. The minimum Gasteiger partial charge on any atom is -0.454 e. The zero-order valence-electron chi connectivity index (χ0n) is 13.9. The lowest BCUT2D eigenvalue weighted by Gasteiger charge is -2.03. The van der Waals surface area contributed by atoms with Gasteiger partial charge in [0.15, 0.2) is 16.6 Å². The van der Waals surface area contributed by atoms with E-state index < -0.39 is 0 Å². The molecule has 1 amide bonds. The van der Waals surface area contributed by atoms with Crippen molar-refractivity contribution < 1.29 is 14.3 Å². The molecule has 0 saturated carbocycles. The number of hydrogen-bond donors (Lipinski definition) is 1. The van der Waals surface area contributed by atoms with Crippen LogP contribution in [0.25, 0.3) is 0 Å². The molecule has 5 nitrogen and oxygen atoms in total. The van der Waals surface area contributed by atoms with E-state index in [9.17, 15) is 4.79 Å². The van der Waals surface area contributed by atoms with Gasteiger partial charge in [0.25, 0.3) is 5.91 Å². The second-order valence-corrected chi connectivity index (χ2v) is 7.44. The fourth-order valence-corrected chi connectivity index (χ4v) is 3.65. The van der Waals surface area contributed by atoms with Crippen LogP contribution in [-0.2, 0) is 6.42 Å². The van der Waals surface area contributed by atoms with Gasteiger partial charge in [-0.3, -0.25) is 10.1 Å². The summed E-state index contributed by atoms with van der Waals surface area (Å²) in [5.74, 6) is 0.992. The maximum atomic E-state index is 12.4. The molecule has 1 aliphatic heterocycles. The highest BCUT2D eigenvalue weighted by atomic mass is 35.5. The van der Waals surface area contributed by atoms with Crippen LogP contribution in [0.15, 0.2) is 42.6 Å². The number of halogens is 1. The van der Waals surface area contributed by atoms with Gasteiger partial charge < -0.3 is 9.47 Å². The Morgan fingerprint density at radius 3 is 2.92 bits per heavy atom.